The summed E-state index contributed by atoms with van der Waals surface area (Å²) in [7, 11) is 2.43. The number of halogens is 1. The van der Waals surface area contributed by atoms with Crippen molar-refractivity contribution >= 4 is 41.5 Å². The lowest BCUT2D eigenvalue weighted by Gasteiger charge is -2.41. The molecule has 0 spiro atoms. The largest absolute Gasteiger partial charge is 0.453 e. The number of nitrogens with two attached hydrogens (primary N) is 2. The fourth-order valence-electron chi connectivity index (χ4n) is 10.0. The maximum Gasteiger partial charge on any atom is 0.407 e. The van der Waals surface area contributed by atoms with Crippen LogP contribution in [0.15, 0.2) is 72.8 Å². The summed E-state index contributed by atoms with van der Waals surface area (Å²) < 4.78 is 24.2. The van der Waals surface area contributed by atoms with Crippen molar-refractivity contribution in [2.75, 3.05) is 32.2 Å². The summed E-state index contributed by atoms with van der Waals surface area (Å²) in [5.74, 6) is -2.73. The normalized spacial score (nSPS) is 23.3. The number of hydrogen-bond donors (Lipinski definition) is 4. The van der Waals surface area contributed by atoms with Gasteiger partial charge in [0.2, 0.25) is 23.6 Å². The third-order valence-corrected chi connectivity index (χ3v) is 13.2. The van der Waals surface area contributed by atoms with E-state index in [4.69, 9.17) is 20.9 Å². The Bertz CT molecular complexity index is 2140. The van der Waals surface area contributed by atoms with E-state index in [0.717, 1.165) is 16.8 Å². The monoisotopic (exact) mass is 883 g/mol. The van der Waals surface area contributed by atoms with Crippen LogP contribution >= 0.6 is 0 Å². The highest BCUT2D eigenvalue weighted by atomic mass is 19.1. The van der Waals surface area contributed by atoms with Crippen LogP contribution in [0.2, 0.25) is 0 Å². The summed E-state index contributed by atoms with van der Waals surface area (Å²) >= 11 is 0. The van der Waals surface area contributed by atoms with Gasteiger partial charge in [0.05, 0.1) is 26.3 Å². The first-order chi connectivity index (χ1) is 30.1. The van der Waals surface area contributed by atoms with Gasteiger partial charge in [-0.15, -0.1) is 0 Å². The first kappa shape index (κ1) is 47.3. The molecule has 0 unspecified atom stereocenters. The molecule has 3 saturated heterocycles. The van der Waals surface area contributed by atoms with Crippen LogP contribution < -0.4 is 27.0 Å². The molecule has 64 heavy (non-hydrogen) atoms. The van der Waals surface area contributed by atoms with Crippen LogP contribution in [0.25, 0.3) is 0 Å². The fraction of sp³-hybridized carbons (Fsp3) is 0.500. The Balaban J connectivity index is 1.41. The molecule has 3 fully saturated rings. The molecule has 0 saturated carbocycles. The molecule has 6 N–H and O–H groups in total. The number of ether oxygens (including phenoxy) is 2. The highest BCUT2D eigenvalue weighted by molar-refractivity contribution is 5.96. The number of nitrogens with one attached hydrogen (secondary N) is 2. The van der Waals surface area contributed by atoms with Gasteiger partial charge < -0.3 is 46.3 Å². The number of nitrogens with zero attached hydrogens (tertiary/aromatic N) is 3. The molecule has 3 aliphatic rings. The predicted octanol–water partition coefficient (Wildman–Crippen LogP) is 6.06. The van der Waals surface area contributed by atoms with E-state index < -0.39 is 75.6 Å². The average molecular weight is 884 g/mol. The van der Waals surface area contributed by atoms with E-state index in [1.54, 1.807) is 24.3 Å². The van der Waals surface area contributed by atoms with Crippen LogP contribution in [0.3, 0.4) is 0 Å². The summed E-state index contributed by atoms with van der Waals surface area (Å²) in [6.07, 6.45) is 1.21. The number of methoxy groups -OCH3 is 2. The Morgan fingerprint density at radius 3 is 1.39 bits per heavy atom. The zero-order chi connectivity index (χ0) is 46.9. The second-order valence-electron chi connectivity index (χ2n) is 19.2. The van der Waals surface area contributed by atoms with Crippen molar-refractivity contribution < 1.29 is 42.6 Å². The molecule has 344 valence electrons. The number of likely N-dealkylation sites (tertiary alicyclic amines) is 2. The van der Waals surface area contributed by atoms with E-state index >= 15 is 0 Å². The molecular weight excluding hydrogens is 822 g/mol. The lowest BCUT2D eigenvalue weighted by molar-refractivity contribution is -0.147. The lowest BCUT2D eigenvalue weighted by atomic mass is 9.81. The van der Waals surface area contributed by atoms with Crippen LogP contribution in [-0.2, 0) is 39.7 Å². The number of carbonyl (C=O) groups is 6. The Morgan fingerprint density at radius 2 is 1.05 bits per heavy atom. The van der Waals surface area contributed by atoms with E-state index in [0.29, 0.717) is 36.8 Å². The van der Waals surface area contributed by atoms with Crippen LogP contribution in [0, 0.1) is 16.6 Å². The smallest absolute Gasteiger partial charge is 0.407 e. The van der Waals surface area contributed by atoms with Gasteiger partial charge in [-0.3, -0.25) is 19.2 Å². The summed E-state index contributed by atoms with van der Waals surface area (Å²) in [6.45, 7) is 11.4. The molecule has 0 radical (unpaired) electrons. The standard InChI is InChI=1S/C48H62FN7O8/c1-45(2,3)37(52-43(61)63-7)39(57)54-25-11-23-47(54,41(50)59)31-15-9-13-29(27-31)35-21-22-36(56(35)34-19-17-33(49)18-20-34)30-14-10-16-32(28-30)48(42(51)60)24-12-26-55(48)40(58)38(46(4,5)6)53-44(62)64-8/h9-10,13-20,27-28,35-38H,11-12,21-26H2,1-8H3,(H2,50,59)(H2,51,60)(H,52,61)(H,53,62)/t35-,36-,37+,38+,47-,48-/m0/s1. The van der Waals surface area contributed by atoms with Crippen molar-refractivity contribution in [3.63, 3.8) is 0 Å². The molecule has 3 aliphatic heterocycles. The van der Waals surface area contributed by atoms with Gasteiger partial charge in [0.15, 0.2) is 0 Å². The number of amides is 6. The van der Waals surface area contributed by atoms with Crippen LogP contribution in [0.1, 0.15) is 114 Å². The quantitative estimate of drug-likeness (QED) is 0.177. The number of hydrogen-bond acceptors (Lipinski definition) is 9. The lowest BCUT2D eigenvalue weighted by Crippen LogP contribution is -2.61. The molecular formula is C48H62FN7O8. The van der Waals surface area contributed by atoms with E-state index in [-0.39, 0.29) is 38.0 Å². The number of carbonyl (C=O) groups excluding carboxylic acids is 6. The zero-order valence-corrected chi connectivity index (χ0v) is 38.0. The van der Waals surface area contributed by atoms with Gasteiger partial charge in [-0.25, -0.2) is 14.0 Å². The number of primary amides is 2. The number of alkyl carbamates (subject to hydrolysis) is 2. The van der Waals surface area contributed by atoms with Gasteiger partial charge in [0, 0.05) is 18.8 Å². The third kappa shape index (κ3) is 8.70. The molecule has 0 aliphatic carbocycles. The van der Waals surface area contributed by atoms with E-state index in [9.17, 15) is 33.2 Å². The molecule has 3 aromatic carbocycles. The highest BCUT2D eigenvalue weighted by Gasteiger charge is 2.55. The predicted molar refractivity (Wildman–Crippen MR) is 238 cm³/mol. The second kappa shape index (κ2) is 18.1. The molecule has 6 atom stereocenters. The van der Waals surface area contributed by atoms with E-state index in [1.807, 2.05) is 77.9 Å². The number of rotatable bonds is 11. The van der Waals surface area contributed by atoms with Gasteiger partial charge in [0.25, 0.3) is 0 Å². The first-order valence-electron chi connectivity index (χ1n) is 21.8. The minimum Gasteiger partial charge on any atom is -0.453 e. The molecule has 15 nitrogen and oxygen atoms in total. The third-order valence-electron chi connectivity index (χ3n) is 13.2. The summed E-state index contributed by atoms with van der Waals surface area (Å²) in [6, 6.07) is 18.5. The average Bonchev–Trinajstić information content (AvgIpc) is 4.02. The van der Waals surface area contributed by atoms with Crippen molar-refractivity contribution in [1.82, 2.24) is 20.4 Å². The molecule has 6 amide bonds. The van der Waals surface area contributed by atoms with Gasteiger partial charge in [0.1, 0.15) is 29.0 Å². The first-order valence-corrected chi connectivity index (χ1v) is 21.8. The van der Waals surface area contributed by atoms with Crippen molar-refractivity contribution in [3.8, 4) is 0 Å². The van der Waals surface area contributed by atoms with Crippen molar-refractivity contribution in [1.29, 1.82) is 0 Å². The van der Waals surface area contributed by atoms with Gasteiger partial charge >= 0.3 is 12.2 Å². The van der Waals surface area contributed by atoms with Crippen LogP contribution in [-0.4, -0.2) is 85.0 Å². The fourth-order valence-corrected chi connectivity index (χ4v) is 10.0. The van der Waals surface area contributed by atoms with Crippen molar-refractivity contribution in [3.05, 3.63) is 101 Å². The number of anilines is 1. The van der Waals surface area contributed by atoms with Crippen molar-refractivity contribution in [2.24, 2.45) is 22.3 Å². The van der Waals surface area contributed by atoms with Crippen LogP contribution in [0.5, 0.6) is 0 Å². The van der Waals surface area contributed by atoms with Gasteiger partial charge in [-0.2, -0.15) is 0 Å². The Labute approximate surface area is 374 Å². The van der Waals surface area contributed by atoms with E-state index in [2.05, 4.69) is 15.5 Å². The zero-order valence-electron chi connectivity index (χ0n) is 38.0. The second-order valence-corrected chi connectivity index (χ2v) is 19.2. The minimum absolute atomic E-state index is 0.236. The Hall–Kier alpha value is -6.19. The molecule has 0 bridgehead atoms. The van der Waals surface area contributed by atoms with Crippen LogP contribution in [0.4, 0.5) is 19.7 Å². The SMILES string of the molecule is COC(=O)N[C@H](C(=O)N1CCC[C@@]1(C(N)=O)c1cccc([C@@H]2CC[C@@H](c3cccc([C@]4(C(N)=O)CCCN4C(=O)[C@@H](NC(=O)OC)C(C)(C)C)c3)N2c2ccc(F)cc2)c1)C(C)(C)C. The van der Waals surface area contributed by atoms with Crippen molar-refractivity contribution in [2.45, 2.75) is 115 Å². The molecule has 3 heterocycles. The highest BCUT2D eigenvalue weighted by Crippen LogP contribution is 2.50. The van der Waals surface area contributed by atoms with Gasteiger partial charge in [-0.05, 0) is 95.9 Å². The Kier molecular flexibility index (Phi) is 13.4. The molecule has 16 heteroatoms. The topological polar surface area (TPSA) is 207 Å². The molecule has 0 aromatic heterocycles. The van der Waals surface area contributed by atoms with E-state index in [1.165, 1.54) is 36.2 Å². The Morgan fingerprint density at radius 1 is 0.656 bits per heavy atom. The summed E-state index contributed by atoms with van der Waals surface area (Å²) in [5.41, 5.74) is 11.5. The maximum atomic E-state index is 14.5. The molecule has 3 aromatic rings. The molecule has 6 rings (SSSR count). The number of benzene rings is 3. The summed E-state index contributed by atoms with van der Waals surface area (Å²) in [4.78, 5) is 86.5. The minimum atomic E-state index is -1.52. The maximum absolute atomic E-state index is 14.5. The summed E-state index contributed by atoms with van der Waals surface area (Å²) in [5, 5.41) is 5.34. The van der Waals surface area contributed by atoms with Gasteiger partial charge in [-0.1, -0.05) is 90.1 Å².